The number of benzene rings is 1. The lowest BCUT2D eigenvalue weighted by Crippen LogP contribution is -2.26. The van der Waals surface area contributed by atoms with Crippen LogP contribution in [0.2, 0.25) is 0 Å². The molecule has 120 valence electrons. The zero-order chi connectivity index (χ0) is 16.2. The van der Waals surface area contributed by atoms with Gasteiger partial charge in [-0.15, -0.1) is 0 Å². The number of halogens is 1. The van der Waals surface area contributed by atoms with Crippen molar-refractivity contribution in [3.8, 4) is 0 Å². The largest absolute Gasteiger partial charge is 0.476 e. The summed E-state index contributed by atoms with van der Waals surface area (Å²) in [4.78, 5) is 13.3. The highest BCUT2D eigenvalue weighted by atomic mass is 79.9. The lowest BCUT2D eigenvalue weighted by Gasteiger charge is -2.14. The predicted octanol–water partition coefficient (Wildman–Crippen LogP) is 2.44. The third-order valence-electron chi connectivity index (χ3n) is 3.61. The number of hydrogen-bond acceptors (Lipinski definition) is 4. The molecule has 7 heteroatoms. The minimum absolute atomic E-state index is 0.213. The molecule has 0 saturated heterocycles. The first-order valence-electron chi connectivity index (χ1n) is 7.17. The van der Waals surface area contributed by atoms with Crippen molar-refractivity contribution in [2.75, 3.05) is 18.6 Å². The summed E-state index contributed by atoms with van der Waals surface area (Å²) < 4.78 is 5.65. The van der Waals surface area contributed by atoms with Crippen molar-refractivity contribution >= 4 is 27.7 Å². The number of carboxylic acids is 1. The zero-order valence-electron chi connectivity index (χ0n) is 12.3. The van der Waals surface area contributed by atoms with Gasteiger partial charge >= 0.3 is 5.97 Å². The van der Waals surface area contributed by atoms with E-state index in [-0.39, 0.29) is 12.4 Å². The highest BCUT2D eigenvalue weighted by Gasteiger charge is 2.30. The van der Waals surface area contributed by atoms with E-state index in [1.165, 1.54) is 0 Å². The molecule has 1 aliphatic heterocycles. The van der Waals surface area contributed by atoms with Crippen LogP contribution < -0.4 is 0 Å². The fourth-order valence-electron chi connectivity index (χ4n) is 2.58. The van der Waals surface area contributed by atoms with E-state index in [1.54, 1.807) is 11.1 Å². The molecule has 0 bridgehead atoms. The van der Waals surface area contributed by atoms with Gasteiger partial charge < -0.3 is 14.7 Å². The average Bonchev–Trinajstić information content (AvgIpc) is 3.17. The summed E-state index contributed by atoms with van der Waals surface area (Å²) in [6, 6.07) is 7.74. The molecule has 0 amide bonds. The van der Waals surface area contributed by atoms with Crippen LogP contribution in [0.3, 0.4) is 0 Å². The number of aromatic nitrogens is 2. The molecule has 1 aromatic heterocycles. The first-order valence-corrected chi connectivity index (χ1v) is 8.29. The van der Waals surface area contributed by atoms with Gasteiger partial charge in [-0.05, 0) is 17.2 Å². The molecule has 2 aromatic rings. The van der Waals surface area contributed by atoms with Gasteiger partial charge in [0.25, 0.3) is 0 Å². The van der Waals surface area contributed by atoms with Crippen LogP contribution in [-0.4, -0.2) is 44.8 Å². The van der Waals surface area contributed by atoms with Crippen LogP contribution in [0.5, 0.6) is 0 Å². The molecule has 0 fully saturated rings. The van der Waals surface area contributed by atoms with E-state index in [2.05, 4.69) is 26.1 Å². The van der Waals surface area contributed by atoms with Crippen LogP contribution >= 0.6 is 15.9 Å². The number of alkyl halides is 1. The van der Waals surface area contributed by atoms with Gasteiger partial charge in [-0.3, -0.25) is 5.10 Å². The van der Waals surface area contributed by atoms with Gasteiger partial charge in [-0.2, -0.15) is 5.10 Å². The fourth-order valence-corrected chi connectivity index (χ4v) is 3.01. The standard InChI is InChI=1S/C16H16BrN3O3/c17-4-5-20-10-23-15(14(20)16(21)22)13-3-1-2-11(7-13)6-12-8-18-19-9-12/h1-3,7-9H,4-6,10H2,(H,18,19)(H,21,22). The van der Waals surface area contributed by atoms with Crippen LogP contribution in [0.1, 0.15) is 16.7 Å². The lowest BCUT2D eigenvalue weighted by molar-refractivity contribution is -0.134. The minimum Gasteiger partial charge on any atom is -0.476 e. The predicted molar refractivity (Wildman–Crippen MR) is 88.8 cm³/mol. The molecule has 0 atom stereocenters. The molecule has 1 aromatic carbocycles. The Morgan fingerprint density at radius 3 is 3.00 bits per heavy atom. The molecule has 0 saturated carbocycles. The number of aromatic amines is 1. The number of aliphatic carboxylic acids is 1. The van der Waals surface area contributed by atoms with Crippen LogP contribution in [0.25, 0.3) is 5.76 Å². The van der Waals surface area contributed by atoms with Crippen molar-refractivity contribution in [1.29, 1.82) is 0 Å². The van der Waals surface area contributed by atoms with Crippen molar-refractivity contribution < 1.29 is 14.6 Å². The van der Waals surface area contributed by atoms with Gasteiger partial charge in [0.1, 0.15) is 0 Å². The maximum Gasteiger partial charge on any atom is 0.356 e. The number of nitrogens with zero attached hydrogens (tertiary/aromatic N) is 2. The molecule has 0 radical (unpaired) electrons. The molecular formula is C16H16BrN3O3. The van der Waals surface area contributed by atoms with E-state index in [0.29, 0.717) is 17.6 Å². The van der Waals surface area contributed by atoms with Crippen molar-refractivity contribution in [1.82, 2.24) is 15.1 Å². The molecule has 2 N–H and O–H groups in total. The Balaban J connectivity index is 1.92. The van der Waals surface area contributed by atoms with Crippen LogP contribution in [0.15, 0.2) is 42.4 Å². The Morgan fingerprint density at radius 2 is 2.30 bits per heavy atom. The van der Waals surface area contributed by atoms with E-state index in [9.17, 15) is 9.90 Å². The van der Waals surface area contributed by atoms with Crippen LogP contribution in [0.4, 0.5) is 0 Å². The van der Waals surface area contributed by atoms with Crippen molar-refractivity contribution in [3.63, 3.8) is 0 Å². The second-order valence-corrected chi connectivity index (χ2v) is 5.99. The van der Waals surface area contributed by atoms with Crippen molar-refractivity contribution in [3.05, 3.63) is 59.0 Å². The summed E-state index contributed by atoms with van der Waals surface area (Å²) in [7, 11) is 0. The lowest BCUT2D eigenvalue weighted by atomic mass is 10.0. The molecular weight excluding hydrogens is 362 g/mol. The van der Waals surface area contributed by atoms with E-state index < -0.39 is 5.97 Å². The summed E-state index contributed by atoms with van der Waals surface area (Å²) in [5.74, 6) is -0.550. The van der Waals surface area contributed by atoms with Crippen LogP contribution in [-0.2, 0) is 16.0 Å². The number of carbonyl (C=O) groups is 1. The van der Waals surface area contributed by atoms with Gasteiger partial charge in [0.2, 0.25) is 0 Å². The Kier molecular flexibility index (Phi) is 4.66. The molecule has 1 aliphatic rings. The molecule has 2 heterocycles. The number of rotatable bonds is 6. The molecule has 0 aliphatic carbocycles. The molecule has 3 rings (SSSR count). The zero-order valence-corrected chi connectivity index (χ0v) is 13.9. The summed E-state index contributed by atoms with van der Waals surface area (Å²) in [6.07, 6.45) is 4.35. The van der Waals surface area contributed by atoms with Gasteiger partial charge in [0, 0.05) is 30.1 Å². The summed E-state index contributed by atoms with van der Waals surface area (Å²) in [5, 5.41) is 16.9. The molecule has 6 nitrogen and oxygen atoms in total. The smallest absolute Gasteiger partial charge is 0.356 e. The topological polar surface area (TPSA) is 78.4 Å². The van der Waals surface area contributed by atoms with Gasteiger partial charge in [0.15, 0.2) is 18.2 Å². The summed E-state index contributed by atoms with van der Waals surface area (Å²) in [6.45, 7) is 0.842. The average molecular weight is 378 g/mol. The fraction of sp³-hybridized carbons (Fsp3) is 0.250. The molecule has 0 unspecified atom stereocenters. The van der Waals surface area contributed by atoms with Crippen molar-refractivity contribution in [2.45, 2.75) is 6.42 Å². The van der Waals surface area contributed by atoms with E-state index >= 15 is 0 Å². The van der Waals surface area contributed by atoms with Gasteiger partial charge in [-0.25, -0.2) is 4.79 Å². The quantitative estimate of drug-likeness (QED) is 0.755. The maximum atomic E-state index is 11.6. The first-order chi connectivity index (χ1) is 11.2. The number of nitrogens with one attached hydrogen (secondary N) is 1. The summed E-state index contributed by atoms with van der Waals surface area (Å²) >= 11 is 3.34. The number of ether oxygens (including phenoxy) is 1. The molecule has 23 heavy (non-hydrogen) atoms. The number of carboxylic acid groups (broad SMARTS) is 1. The highest BCUT2D eigenvalue weighted by molar-refractivity contribution is 9.09. The normalized spacial score (nSPS) is 14.2. The third-order valence-corrected chi connectivity index (χ3v) is 3.96. The Bertz CT molecular complexity index is 728. The SMILES string of the molecule is O=C(O)C1=C(c2cccc(Cc3cn[nH]c3)c2)OCN1CCBr. The van der Waals surface area contributed by atoms with Gasteiger partial charge in [0.05, 0.1) is 6.20 Å². The van der Waals surface area contributed by atoms with Gasteiger partial charge in [-0.1, -0.05) is 34.1 Å². The summed E-state index contributed by atoms with van der Waals surface area (Å²) in [5.41, 5.74) is 3.14. The highest BCUT2D eigenvalue weighted by Crippen LogP contribution is 2.30. The van der Waals surface area contributed by atoms with Crippen LogP contribution in [0, 0.1) is 0 Å². The molecule has 0 spiro atoms. The van der Waals surface area contributed by atoms with Crippen molar-refractivity contribution in [2.24, 2.45) is 0 Å². The van der Waals surface area contributed by atoms with E-state index in [1.807, 2.05) is 30.5 Å². The first kappa shape index (κ1) is 15.6. The Labute approximate surface area is 141 Å². The van der Waals surface area contributed by atoms with E-state index in [4.69, 9.17) is 4.74 Å². The Hall–Kier alpha value is -2.28. The third kappa shape index (κ3) is 3.39. The monoisotopic (exact) mass is 377 g/mol. The van der Waals surface area contributed by atoms with E-state index in [0.717, 1.165) is 23.1 Å². The Morgan fingerprint density at radius 1 is 1.43 bits per heavy atom. The minimum atomic E-state index is -0.973. The second kappa shape index (κ2) is 6.87. The maximum absolute atomic E-state index is 11.6. The number of hydrogen-bond donors (Lipinski definition) is 2. The number of H-pyrrole nitrogens is 1. The second-order valence-electron chi connectivity index (χ2n) is 5.19.